The molecule has 0 fully saturated rings. The average Bonchev–Trinajstić information content (AvgIpc) is 3.75. The molecule has 12 nitrogen and oxygen atoms in total. The lowest BCUT2D eigenvalue weighted by atomic mass is 9.98. The summed E-state index contributed by atoms with van der Waals surface area (Å²) in [6.07, 6.45) is 2.85. The second kappa shape index (κ2) is 13.6. The van der Waals surface area contributed by atoms with E-state index in [1.807, 2.05) is 83.4 Å². The van der Waals surface area contributed by atoms with E-state index in [0.29, 0.717) is 31.0 Å². The maximum atomic E-state index is 14.1. The van der Waals surface area contributed by atoms with E-state index in [-0.39, 0.29) is 24.3 Å². The molecule has 12 heteroatoms. The molecule has 0 aliphatic carbocycles. The molecule has 6 aromatic rings. The predicted molar refractivity (Wildman–Crippen MR) is 173 cm³/mol. The normalized spacial score (nSPS) is 11.3. The van der Waals surface area contributed by atoms with Crippen LogP contribution in [0.25, 0.3) is 33.7 Å². The highest BCUT2D eigenvalue weighted by atomic mass is 16.5. The summed E-state index contributed by atoms with van der Waals surface area (Å²) in [6.45, 7) is 2.24. The third kappa shape index (κ3) is 6.14. The Balaban J connectivity index is 1.43. The molecule has 0 aliphatic heterocycles. The molecule has 0 spiro atoms. The fourth-order valence-electron chi connectivity index (χ4n) is 5.63. The summed E-state index contributed by atoms with van der Waals surface area (Å²) in [5.41, 5.74) is 4.17. The molecule has 0 atom stereocenters. The van der Waals surface area contributed by atoms with E-state index >= 15 is 0 Å². The first-order valence-corrected chi connectivity index (χ1v) is 15.2. The van der Waals surface area contributed by atoms with Crippen molar-refractivity contribution in [3.05, 3.63) is 117 Å². The van der Waals surface area contributed by atoms with Crippen LogP contribution >= 0.6 is 0 Å². The second-order valence-corrected chi connectivity index (χ2v) is 11.0. The molecule has 46 heavy (non-hydrogen) atoms. The minimum Gasteiger partial charge on any atom is -0.468 e. The number of hydrogen-bond acceptors (Lipinski definition) is 8. The number of carbonyl (C=O) groups excluding carboxylic acids is 1. The smallest absolute Gasteiger partial charge is 0.333 e. The Kier molecular flexibility index (Phi) is 8.95. The molecule has 0 amide bonds. The average molecular weight is 619 g/mol. The lowest BCUT2D eigenvalue weighted by Crippen LogP contribution is -2.42. The number of rotatable bonds is 12. The molecular weight excluding hydrogens is 584 g/mol. The standard InChI is InChI=1S/C34H34N8O4/c1-3-4-14-28-35-32-30(33(44)40(20-19-23-10-6-5-7-11-23)34(45)42(32)22-29(43)46-2)41(28)21-24-15-17-25(18-16-24)26-12-8-9-13-27(26)31-36-38-39-37-31/h5-13,15-18H,3-4,14,19-22H2,1-2H3,(H,36,37,38,39). The van der Waals surface area contributed by atoms with Crippen LogP contribution in [0.3, 0.4) is 0 Å². The topological polar surface area (TPSA) is 143 Å². The highest BCUT2D eigenvalue weighted by Gasteiger charge is 2.23. The van der Waals surface area contributed by atoms with Gasteiger partial charge in [0.25, 0.3) is 5.56 Å². The number of aromatic amines is 1. The molecule has 6 rings (SSSR count). The number of tetrazole rings is 1. The molecule has 3 aromatic carbocycles. The Bertz CT molecular complexity index is 2080. The van der Waals surface area contributed by atoms with Gasteiger partial charge in [0, 0.05) is 25.1 Å². The number of nitrogens with zero attached hydrogens (tertiary/aromatic N) is 7. The zero-order valence-corrected chi connectivity index (χ0v) is 25.7. The van der Waals surface area contributed by atoms with Crippen LogP contribution < -0.4 is 11.2 Å². The lowest BCUT2D eigenvalue weighted by Gasteiger charge is -2.13. The largest absolute Gasteiger partial charge is 0.468 e. The Labute approximate surface area is 264 Å². The summed E-state index contributed by atoms with van der Waals surface area (Å²) in [7, 11) is 1.27. The van der Waals surface area contributed by atoms with Gasteiger partial charge in [-0.25, -0.2) is 9.78 Å². The van der Waals surface area contributed by atoms with E-state index in [0.717, 1.165) is 40.7 Å². The maximum Gasteiger partial charge on any atom is 0.333 e. The molecular formula is C34H34N8O4. The van der Waals surface area contributed by atoms with Gasteiger partial charge < -0.3 is 9.30 Å². The number of benzene rings is 3. The summed E-state index contributed by atoms with van der Waals surface area (Å²) in [5, 5.41) is 14.5. The van der Waals surface area contributed by atoms with Gasteiger partial charge in [0.2, 0.25) is 5.82 Å². The van der Waals surface area contributed by atoms with E-state index in [1.165, 1.54) is 16.2 Å². The molecule has 0 saturated carbocycles. The Morgan fingerprint density at radius 3 is 2.28 bits per heavy atom. The first-order chi connectivity index (χ1) is 22.5. The second-order valence-electron chi connectivity index (χ2n) is 11.0. The van der Waals surface area contributed by atoms with Crippen molar-refractivity contribution in [1.29, 1.82) is 0 Å². The van der Waals surface area contributed by atoms with Gasteiger partial charge in [-0.3, -0.25) is 18.7 Å². The Hall–Kier alpha value is -5.65. The van der Waals surface area contributed by atoms with Gasteiger partial charge in [-0.05, 0) is 40.3 Å². The van der Waals surface area contributed by atoms with Crippen molar-refractivity contribution in [2.45, 2.75) is 52.2 Å². The number of carbonyl (C=O) groups is 1. The van der Waals surface area contributed by atoms with Crippen LogP contribution in [0.4, 0.5) is 0 Å². The van der Waals surface area contributed by atoms with Crippen LogP contribution in [0.2, 0.25) is 0 Å². The van der Waals surface area contributed by atoms with Crippen LogP contribution in [0.5, 0.6) is 0 Å². The van der Waals surface area contributed by atoms with Crippen molar-refractivity contribution in [3.8, 4) is 22.5 Å². The van der Waals surface area contributed by atoms with Crippen molar-refractivity contribution in [2.75, 3.05) is 7.11 Å². The fourth-order valence-corrected chi connectivity index (χ4v) is 5.63. The van der Waals surface area contributed by atoms with Gasteiger partial charge in [-0.15, -0.1) is 10.2 Å². The molecule has 1 N–H and O–H groups in total. The zero-order valence-electron chi connectivity index (χ0n) is 25.7. The minimum atomic E-state index is -0.599. The fraction of sp³-hybridized carbons (Fsp3) is 0.265. The monoisotopic (exact) mass is 618 g/mol. The number of aryl methyl sites for hydroxylation is 2. The highest BCUT2D eigenvalue weighted by Crippen LogP contribution is 2.30. The number of aromatic nitrogens is 8. The van der Waals surface area contributed by atoms with Gasteiger partial charge in [-0.1, -0.05) is 92.2 Å². The van der Waals surface area contributed by atoms with E-state index in [2.05, 4.69) is 27.5 Å². The molecule has 0 aliphatic rings. The number of H-pyrrole nitrogens is 1. The van der Waals surface area contributed by atoms with Gasteiger partial charge in [0.1, 0.15) is 12.4 Å². The molecule has 0 saturated heterocycles. The Morgan fingerprint density at radius 2 is 1.59 bits per heavy atom. The molecule has 0 radical (unpaired) electrons. The van der Waals surface area contributed by atoms with Crippen LogP contribution in [0, 0.1) is 0 Å². The third-order valence-electron chi connectivity index (χ3n) is 8.05. The lowest BCUT2D eigenvalue weighted by molar-refractivity contribution is -0.141. The van der Waals surface area contributed by atoms with Gasteiger partial charge in [0.15, 0.2) is 11.2 Å². The number of nitrogens with one attached hydrogen (secondary N) is 1. The number of methoxy groups -OCH3 is 1. The van der Waals surface area contributed by atoms with Crippen molar-refractivity contribution in [1.82, 2.24) is 39.3 Å². The summed E-state index contributed by atoms with van der Waals surface area (Å²) in [6, 6.07) is 25.6. The predicted octanol–water partition coefficient (Wildman–Crippen LogP) is 4.01. The van der Waals surface area contributed by atoms with Crippen LogP contribution in [-0.2, 0) is 42.0 Å². The number of imidazole rings is 1. The highest BCUT2D eigenvalue weighted by molar-refractivity contribution is 5.80. The van der Waals surface area contributed by atoms with Crippen LogP contribution in [0.1, 0.15) is 36.7 Å². The van der Waals surface area contributed by atoms with Crippen LogP contribution in [-0.4, -0.2) is 52.4 Å². The third-order valence-corrected chi connectivity index (χ3v) is 8.05. The summed E-state index contributed by atoms with van der Waals surface area (Å²) >= 11 is 0. The number of hydrogen-bond donors (Lipinski definition) is 1. The van der Waals surface area contributed by atoms with Gasteiger partial charge >= 0.3 is 11.7 Å². The SMILES string of the molecule is CCCCc1nc2c(c(=O)n(CCc3ccccc3)c(=O)n2CC(=O)OC)n1Cc1ccc(-c2ccccc2-c2nn[nH]n2)cc1. The van der Waals surface area contributed by atoms with Gasteiger partial charge in [-0.2, -0.15) is 5.21 Å². The maximum absolute atomic E-state index is 14.1. The van der Waals surface area contributed by atoms with Crippen LogP contribution in [0.15, 0.2) is 88.5 Å². The van der Waals surface area contributed by atoms with E-state index in [4.69, 9.17) is 9.72 Å². The van der Waals surface area contributed by atoms with Crippen molar-refractivity contribution in [2.24, 2.45) is 0 Å². The summed E-state index contributed by atoms with van der Waals surface area (Å²) in [5.74, 6) is 0.587. The number of fused-ring (bicyclic) bond motifs is 1. The molecule has 3 heterocycles. The Morgan fingerprint density at radius 1 is 0.848 bits per heavy atom. The zero-order chi connectivity index (χ0) is 32.0. The van der Waals surface area contributed by atoms with Crippen molar-refractivity contribution < 1.29 is 9.53 Å². The van der Waals surface area contributed by atoms with E-state index in [9.17, 15) is 14.4 Å². The minimum absolute atomic E-state index is 0.156. The van der Waals surface area contributed by atoms with Crippen molar-refractivity contribution in [3.63, 3.8) is 0 Å². The quantitative estimate of drug-likeness (QED) is 0.203. The molecule has 3 aromatic heterocycles. The first-order valence-electron chi connectivity index (χ1n) is 15.2. The summed E-state index contributed by atoms with van der Waals surface area (Å²) in [4.78, 5) is 45.1. The number of esters is 1. The first kappa shape index (κ1) is 30.4. The van der Waals surface area contributed by atoms with E-state index < -0.39 is 17.2 Å². The van der Waals surface area contributed by atoms with E-state index in [1.54, 1.807) is 0 Å². The van der Waals surface area contributed by atoms with Gasteiger partial charge in [0.05, 0.1) is 7.11 Å². The van der Waals surface area contributed by atoms with Crippen molar-refractivity contribution >= 4 is 17.1 Å². The molecule has 234 valence electrons. The molecule has 0 unspecified atom stereocenters. The number of unbranched alkanes of at least 4 members (excludes halogenated alkanes) is 1. The number of ether oxygens (including phenoxy) is 1. The molecule has 0 bridgehead atoms. The summed E-state index contributed by atoms with van der Waals surface area (Å²) < 4.78 is 9.26.